The van der Waals surface area contributed by atoms with E-state index in [9.17, 15) is 9.59 Å². The standard InChI is InChI=1S/C21H29N3O2S/c1-5-14(4)15-6-8-16(9-7-15)19(13(2)3)23-12-18(25)24-21-17(20(22)26)10-11-27-21/h6-11,13-14,19,23H,5,12H2,1-4H3,(H2,22,26)(H,24,25)/p+1/t14-,19-/m0/s1. The maximum absolute atomic E-state index is 12.3. The van der Waals surface area contributed by atoms with Crippen molar-refractivity contribution in [1.82, 2.24) is 0 Å². The van der Waals surface area contributed by atoms with Gasteiger partial charge in [-0.15, -0.1) is 11.3 Å². The maximum Gasteiger partial charge on any atom is 0.280 e. The van der Waals surface area contributed by atoms with E-state index in [1.54, 1.807) is 11.4 Å². The molecule has 6 heteroatoms. The highest BCUT2D eigenvalue weighted by Gasteiger charge is 2.21. The second-order valence-corrected chi connectivity index (χ2v) is 8.18. The molecule has 0 spiro atoms. The molecule has 0 saturated heterocycles. The number of nitrogens with one attached hydrogen (secondary N) is 1. The number of amides is 2. The van der Waals surface area contributed by atoms with Gasteiger partial charge < -0.3 is 16.4 Å². The van der Waals surface area contributed by atoms with E-state index >= 15 is 0 Å². The number of rotatable bonds is 9. The number of anilines is 1. The molecule has 2 atom stereocenters. The lowest BCUT2D eigenvalue weighted by atomic mass is 9.92. The number of hydrogen-bond donors (Lipinski definition) is 3. The number of primary amides is 1. The van der Waals surface area contributed by atoms with E-state index in [2.05, 4.69) is 62.6 Å². The third kappa shape index (κ3) is 5.65. The van der Waals surface area contributed by atoms with Gasteiger partial charge in [0.2, 0.25) is 0 Å². The van der Waals surface area contributed by atoms with Crippen molar-refractivity contribution in [2.24, 2.45) is 11.7 Å². The predicted octanol–water partition coefficient (Wildman–Crippen LogP) is 3.26. The normalized spacial score (nSPS) is 13.4. The number of benzene rings is 1. The summed E-state index contributed by atoms with van der Waals surface area (Å²) in [6, 6.07) is 10.5. The summed E-state index contributed by atoms with van der Waals surface area (Å²) in [5, 5.41) is 7.11. The lowest BCUT2D eigenvalue weighted by Crippen LogP contribution is -2.88. The predicted molar refractivity (Wildman–Crippen MR) is 111 cm³/mol. The Bertz CT molecular complexity index is 768. The summed E-state index contributed by atoms with van der Waals surface area (Å²) in [5.41, 5.74) is 8.25. The molecule has 2 aromatic rings. The fraction of sp³-hybridized carbons (Fsp3) is 0.429. The zero-order chi connectivity index (χ0) is 20.0. The van der Waals surface area contributed by atoms with E-state index in [-0.39, 0.29) is 18.5 Å². The van der Waals surface area contributed by atoms with Crippen LogP contribution in [0.15, 0.2) is 35.7 Å². The first-order valence-corrected chi connectivity index (χ1v) is 10.3. The van der Waals surface area contributed by atoms with Crippen LogP contribution in [0, 0.1) is 5.92 Å². The van der Waals surface area contributed by atoms with Crippen molar-refractivity contribution in [3.05, 3.63) is 52.4 Å². The number of thiophene rings is 1. The Morgan fingerprint density at radius 1 is 1.11 bits per heavy atom. The quantitative estimate of drug-likeness (QED) is 0.615. The minimum Gasteiger partial charge on any atom is -0.366 e. The molecule has 0 radical (unpaired) electrons. The number of nitrogens with two attached hydrogens (primary N) is 2. The van der Waals surface area contributed by atoms with Gasteiger partial charge in [-0.2, -0.15) is 0 Å². The maximum atomic E-state index is 12.3. The lowest BCUT2D eigenvalue weighted by molar-refractivity contribution is -0.692. The highest BCUT2D eigenvalue weighted by atomic mass is 32.1. The van der Waals surface area contributed by atoms with Crippen LogP contribution in [0.3, 0.4) is 0 Å². The molecule has 1 aromatic heterocycles. The van der Waals surface area contributed by atoms with Gasteiger partial charge in [-0.05, 0) is 29.3 Å². The van der Waals surface area contributed by atoms with Gasteiger partial charge in [-0.1, -0.05) is 52.0 Å². The van der Waals surface area contributed by atoms with Crippen molar-refractivity contribution < 1.29 is 14.9 Å². The Balaban J connectivity index is 2.00. The van der Waals surface area contributed by atoms with E-state index < -0.39 is 5.91 Å². The first kappa shape index (κ1) is 21.1. The smallest absolute Gasteiger partial charge is 0.280 e. The molecule has 0 aliphatic rings. The molecule has 0 unspecified atom stereocenters. The molecule has 0 saturated carbocycles. The van der Waals surface area contributed by atoms with Crippen LogP contribution < -0.4 is 16.4 Å². The van der Waals surface area contributed by atoms with Crippen molar-refractivity contribution in [3.8, 4) is 0 Å². The molecule has 1 heterocycles. The zero-order valence-corrected chi connectivity index (χ0v) is 17.3. The Hall–Kier alpha value is -2.18. The summed E-state index contributed by atoms with van der Waals surface area (Å²) in [4.78, 5) is 23.7. The molecule has 1 aromatic carbocycles. The van der Waals surface area contributed by atoms with Crippen LogP contribution in [0.4, 0.5) is 5.00 Å². The second kappa shape index (κ2) is 9.67. The van der Waals surface area contributed by atoms with Crippen molar-refractivity contribution in [1.29, 1.82) is 0 Å². The summed E-state index contributed by atoms with van der Waals surface area (Å²) in [5.74, 6) is 0.269. The van der Waals surface area contributed by atoms with Crippen LogP contribution in [0.2, 0.25) is 0 Å². The summed E-state index contributed by atoms with van der Waals surface area (Å²) < 4.78 is 0. The van der Waals surface area contributed by atoms with E-state index in [1.165, 1.54) is 22.5 Å². The van der Waals surface area contributed by atoms with Gasteiger partial charge in [0.15, 0.2) is 6.54 Å². The van der Waals surface area contributed by atoms with Crippen LogP contribution in [0.5, 0.6) is 0 Å². The zero-order valence-electron chi connectivity index (χ0n) is 16.5. The van der Waals surface area contributed by atoms with Crippen molar-refractivity contribution in [3.63, 3.8) is 0 Å². The second-order valence-electron chi connectivity index (χ2n) is 7.26. The SMILES string of the molecule is CC[C@H](C)c1ccc([C@@H]([NH2+]CC(=O)Nc2sccc2C(N)=O)C(C)C)cc1. The van der Waals surface area contributed by atoms with Crippen LogP contribution in [0.1, 0.15) is 67.6 Å². The fourth-order valence-electron chi connectivity index (χ4n) is 3.09. The first-order valence-electron chi connectivity index (χ1n) is 9.43. The Morgan fingerprint density at radius 2 is 1.74 bits per heavy atom. The van der Waals surface area contributed by atoms with E-state index in [4.69, 9.17) is 5.73 Å². The third-order valence-corrected chi connectivity index (χ3v) is 5.79. The highest BCUT2D eigenvalue weighted by molar-refractivity contribution is 7.14. The molecule has 0 fully saturated rings. The van der Waals surface area contributed by atoms with Gasteiger partial charge in [-0.25, -0.2) is 0 Å². The molecule has 146 valence electrons. The average Bonchev–Trinajstić information content (AvgIpc) is 3.09. The van der Waals surface area contributed by atoms with E-state index in [1.807, 2.05) is 0 Å². The number of carbonyl (C=O) groups excluding carboxylic acids is 2. The molecule has 0 bridgehead atoms. The monoisotopic (exact) mass is 388 g/mol. The molecule has 2 amide bonds. The number of carbonyl (C=O) groups is 2. The molecule has 0 aliphatic heterocycles. The topological polar surface area (TPSA) is 88.8 Å². The Kier molecular flexibility index (Phi) is 7.56. The van der Waals surface area contributed by atoms with Gasteiger partial charge >= 0.3 is 0 Å². The summed E-state index contributed by atoms with van der Waals surface area (Å²) in [7, 11) is 0. The number of quaternary nitrogens is 1. The Morgan fingerprint density at radius 3 is 2.30 bits per heavy atom. The van der Waals surface area contributed by atoms with Crippen LogP contribution in [-0.4, -0.2) is 18.4 Å². The van der Waals surface area contributed by atoms with Crippen LogP contribution in [-0.2, 0) is 4.79 Å². The molecule has 5 N–H and O–H groups in total. The van der Waals surface area contributed by atoms with E-state index in [0.717, 1.165) is 6.42 Å². The highest BCUT2D eigenvalue weighted by Crippen LogP contribution is 2.24. The molecule has 27 heavy (non-hydrogen) atoms. The van der Waals surface area contributed by atoms with Gasteiger partial charge in [0.1, 0.15) is 11.0 Å². The fourth-order valence-corrected chi connectivity index (χ4v) is 3.90. The van der Waals surface area contributed by atoms with E-state index in [0.29, 0.717) is 22.4 Å². The minimum atomic E-state index is -0.531. The molecule has 5 nitrogen and oxygen atoms in total. The summed E-state index contributed by atoms with van der Waals surface area (Å²) >= 11 is 1.30. The molecular formula is C21H30N3O2S+. The molecule has 2 rings (SSSR count). The largest absolute Gasteiger partial charge is 0.366 e. The third-order valence-electron chi connectivity index (χ3n) is 4.96. The molecular weight excluding hydrogens is 358 g/mol. The van der Waals surface area contributed by atoms with Crippen molar-refractivity contribution >= 4 is 28.2 Å². The first-order chi connectivity index (χ1) is 12.8. The van der Waals surface area contributed by atoms with Crippen LogP contribution in [0.25, 0.3) is 0 Å². The minimum absolute atomic E-state index is 0.137. The van der Waals surface area contributed by atoms with Crippen LogP contribution >= 0.6 is 11.3 Å². The van der Waals surface area contributed by atoms with Gasteiger partial charge in [-0.3, -0.25) is 9.59 Å². The summed E-state index contributed by atoms with van der Waals surface area (Å²) in [6.45, 7) is 9.03. The van der Waals surface area contributed by atoms with Gasteiger partial charge in [0.05, 0.1) is 5.56 Å². The number of hydrogen-bond acceptors (Lipinski definition) is 3. The lowest BCUT2D eigenvalue weighted by Gasteiger charge is -2.20. The Labute approximate surface area is 165 Å². The van der Waals surface area contributed by atoms with Crippen molar-refractivity contribution in [2.75, 3.05) is 11.9 Å². The molecule has 0 aliphatic carbocycles. The van der Waals surface area contributed by atoms with Crippen molar-refractivity contribution in [2.45, 2.75) is 46.1 Å². The average molecular weight is 389 g/mol. The van der Waals surface area contributed by atoms with Gasteiger partial charge in [0.25, 0.3) is 11.8 Å². The van der Waals surface area contributed by atoms with Gasteiger partial charge in [0, 0.05) is 11.5 Å². The summed E-state index contributed by atoms with van der Waals surface area (Å²) in [6.07, 6.45) is 1.12.